The van der Waals surface area contributed by atoms with Gasteiger partial charge in [-0.1, -0.05) is 18.2 Å². The molecule has 3 rings (SSSR count). The minimum atomic E-state index is -0.876. The van der Waals surface area contributed by atoms with Crippen LogP contribution in [0.15, 0.2) is 23.2 Å². The number of nitrogens with zero attached hydrogens (tertiary/aromatic N) is 2. The molecule has 1 atom stereocenters. The summed E-state index contributed by atoms with van der Waals surface area (Å²) >= 11 is 0. The summed E-state index contributed by atoms with van der Waals surface area (Å²) in [7, 11) is 0. The first-order valence-electron chi connectivity index (χ1n) is 6.43. The van der Waals surface area contributed by atoms with E-state index >= 15 is 0 Å². The van der Waals surface area contributed by atoms with E-state index in [0.29, 0.717) is 19.7 Å². The molecule has 0 aromatic heterocycles. The van der Waals surface area contributed by atoms with Gasteiger partial charge in [0.1, 0.15) is 6.10 Å². The van der Waals surface area contributed by atoms with Crippen LogP contribution in [-0.4, -0.2) is 42.0 Å². The predicted octanol–water partition coefficient (Wildman–Crippen LogP) is 1.86. The molecule has 2 aliphatic rings. The summed E-state index contributed by atoms with van der Waals surface area (Å²) in [6, 6.07) is 6.22. The first-order valence-corrected chi connectivity index (χ1v) is 6.43. The minimum Gasteiger partial charge on any atom is -0.465 e. The Morgan fingerprint density at radius 2 is 2.32 bits per heavy atom. The predicted molar refractivity (Wildman–Crippen MR) is 70.6 cm³/mol. The SMILES string of the molecule is O=C(O)N1CCOC(c2ccc3c(c2)CC=NC3)C1. The van der Waals surface area contributed by atoms with Crippen molar-refractivity contribution < 1.29 is 14.6 Å². The van der Waals surface area contributed by atoms with Crippen LogP contribution in [0, 0.1) is 0 Å². The standard InChI is InChI=1S/C14H16N2O3/c17-14(18)16-5-6-19-13(9-16)11-1-2-12-8-15-4-3-10(12)7-11/h1-2,4,7,13H,3,5-6,8-9H2,(H,17,18). The van der Waals surface area contributed by atoms with E-state index in [1.807, 2.05) is 12.3 Å². The zero-order valence-corrected chi connectivity index (χ0v) is 10.6. The third-order valence-electron chi connectivity index (χ3n) is 3.64. The van der Waals surface area contributed by atoms with E-state index in [1.165, 1.54) is 16.0 Å². The van der Waals surface area contributed by atoms with Gasteiger partial charge < -0.3 is 14.7 Å². The average molecular weight is 260 g/mol. The molecule has 0 aliphatic carbocycles. The molecule has 19 heavy (non-hydrogen) atoms. The van der Waals surface area contributed by atoms with Crippen molar-refractivity contribution in [3.8, 4) is 0 Å². The summed E-state index contributed by atoms with van der Waals surface area (Å²) in [5.74, 6) is 0. The van der Waals surface area contributed by atoms with Crippen LogP contribution in [-0.2, 0) is 17.7 Å². The van der Waals surface area contributed by atoms with E-state index in [2.05, 4.69) is 17.1 Å². The average Bonchev–Trinajstić information content (AvgIpc) is 2.47. The molecule has 0 spiro atoms. The number of fused-ring (bicyclic) bond motifs is 1. The lowest BCUT2D eigenvalue weighted by molar-refractivity contribution is -0.0232. The fraction of sp³-hybridized carbons (Fsp3) is 0.429. The van der Waals surface area contributed by atoms with Gasteiger partial charge in [-0.05, 0) is 16.7 Å². The van der Waals surface area contributed by atoms with Crippen LogP contribution in [0.2, 0.25) is 0 Å². The molecular weight excluding hydrogens is 244 g/mol. The van der Waals surface area contributed by atoms with Gasteiger partial charge in [0.15, 0.2) is 0 Å². The first kappa shape index (κ1) is 12.2. The highest BCUT2D eigenvalue weighted by Gasteiger charge is 2.25. The Morgan fingerprint density at radius 1 is 1.42 bits per heavy atom. The van der Waals surface area contributed by atoms with Gasteiger partial charge in [0.05, 0.1) is 19.7 Å². The Labute approximate surface area is 111 Å². The molecule has 100 valence electrons. The Bertz CT molecular complexity index is 527. The van der Waals surface area contributed by atoms with Crippen LogP contribution in [0.4, 0.5) is 4.79 Å². The zero-order chi connectivity index (χ0) is 13.2. The van der Waals surface area contributed by atoms with Crippen molar-refractivity contribution in [2.75, 3.05) is 19.7 Å². The highest BCUT2D eigenvalue weighted by molar-refractivity contribution is 5.66. The maximum absolute atomic E-state index is 11.0. The van der Waals surface area contributed by atoms with E-state index in [1.54, 1.807) is 0 Å². The second-order valence-electron chi connectivity index (χ2n) is 4.84. The zero-order valence-electron chi connectivity index (χ0n) is 10.6. The number of rotatable bonds is 1. The fourth-order valence-electron chi connectivity index (χ4n) is 2.54. The summed E-state index contributed by atoms with van der Waals surface area (Å²) in [6.45, 7) is 2.05. The van der Waals surface area contributed by atoms with Crippen molar-refractivity contribution in [2.24, 2.45) is 4.99 Å². The molecule has 0 radical (unpaired) electrons. The van der Waals surface area contributed by atoms with Crippen LogP contribution < -0.4 is 0 Å². The van der Waals surface area contributed by atoms with Gasteiger partial charge >= 0.3 is 6.09 Å². The van der Waals surface area contributed by atoms with E-state index in [9.17, 15) is 4.79 Å². The normalized spacial score (nSPS) is 22.1. The molecule has 1 N–H and O–H groups in total. The smallest absolute Gasteiger partial charge is 0.407 e. The molecule has 1 aromatic rings. The summed E-state index contributed by atoms with van der Waals surface area (Å²) in [4.78, 5) is 16.7. The van der Waals surface area contributed by atoms with Gasteiger partial charge in [0.2, 0.25) is 0 Å². The molecule has 0 bridgehead atoms. The molecule has 0 saturated carbocycles. The van der Waals surface area contributed by atoms with Crippen molar-refractivity contribution in [1.29, 1.82) is 0 Å². The topological polar surface area (TPSA) is 62.1 Å². The molecule has 1 amide bonds. The van der Waals surface area contributed by atoms with Gasteiger partial charge in [-0.3, -0.25) is 4.99 Å². The molecule has 1 fully saturated rings. The quantitative estimate of drug-likeness (QED) is 0.838. The number of morpholine rings is 1. The number of amides is 1. The molecule has 5 heteroatoms. The second kappa shape index (κ2) is 5.01. The maximum atomic E-state index is 11.0. The molecular formula is C14H16N2O3. The Morgan fingerprint density at radius 3 is 3.16 bits per heavy atom. The van der Waals surface area contributed by atoms with Gasteiger partial charge in [-0.2, -0.15) is 0 Å². The van der Waals surface area contributed by atoms with Crippen LogP contribution >= 0.6 is 0 Å². The number of aliphatic imine (C=N–C) groups is 1. The Balaban J connectivity index is 1.80. The van der Waals surface area contributed by atoms with Crippen LogP contribution in [0.3, 0.4) is 0 Å². The Kier molecular flexibility index (Phi) is 3.21. The number of hydrogen-bond acceptors (Lipinski definition) is 3. The van der Waals surface area contributed by atoms with E-state index in [4.69, 9.17) is 9.84 Å². The number of carbonyl (C=O) groups is 1. The van der Waals surface area contributed by atoms with Crippen molar-refractivity contribution in [1.82, 2.24) is 4.90 Å². The largest absolute Gasteiger partial charge is 0.465 e. The van der Waals surface area contributed by atoms with Crippen LogP contribution in [0.1, 0.15) is 22.8 Å². The summed E-state index contributed by atoms with van der Waals surface area (Å²) in [6.07, 6.45) is 1.74. The highest BCUT2D eigenvalue weighted by Crippen LogP contribution is 2.26. The van der Waals surface area contributed by atoms with Gasteiger partial charge in [-0.15, -0.1) is 0 Å². The molecule has 1 saturated heterocycles. The van der Waals surface area contributed by atoms with E-state index in [-0.39, 0.29) is 6.10 Å². The van der Waals surface area contributed by atoms with Crippen molar-refractivity contribution in [3.63, 3.8) is 0 Å². The van der Waals surface area contributed by atoms with Crippen molar-refractivity contribution in [2.45, 2.75) is 19.1 Å². The van der Waals surface area contributed by atoms with Gasteiger partial charge in [-0.25, -0.2) is 4.79 Å². The van der Waals surface area contributed by atoms with Crippen LogP contribution in [0.5, 0.6) is 0 Å². The lowest BCUT2D eigenvalue weighted by Crippen LogP contribution is -2.41. The van der Waals surface area contributed by atoms with Gasteiger partial charge in [0, 0.05) is 19.2 Å². The van der Waals surface area contributed by atoms with Crippen molar-refractivity contribution >= 4 is 12.3 Å². The van der Waals surface area contributed by atoms with Crippen LogP contribution in [0.25, 0.3) is 0 Å². The molecule has 2 aliphatic heterocycles. The monoisotopic (exact) mass is 260 g/mol. The lowest BCUT2D eigenvalue weighted by Gasteiger charge is -2.31. The number of benzene rings is 1. The number of carboxylic acid groups (broad SMARTS) is 1. The molecule has 5 nitrogen and oxygen atoms in total. The van der Waals surface area contributed by atoms with E-state index in [0.717, 1.165) is 18.5 Å². The minimum absolute atomic E-state index is 0.158. The third-order valence-corrected chi connectivity index (χ3v) is 3.64. The molecule has 1 unspecified atom stereocenters. The molecule has 2 heterocycles. The summed E-state index contributed by atoms with van der Waals surface area (Å²) < 4.78 is 5.70. The number of ether oxygens (including phenoxy) is 1. The second-order valence-corrected chi connectivity index (χ2v) is 4.84. The Hall–Kier alpha value is -1.88. The van der Waals surface area contributed by atoms with Crippen molar-refractivity contribution in [3.05, 3.63) is 34.9 Å². The first-order chi connectivity index (χ1) is 9.24. The summed E-state index contributed by atoms with van der Waals surface area (Å²) in [5, 5.41) is 9.05. The molecule has 1 aromatic carbocycles. The fourth-order valence-corrected chi connectivity index (χ4v) is 2.54. The highest BCUT2D eigenvalue weighted by atomic mass is 16.5. The number of hydrogen-bond donors (Lipinski definition) is 1. The van der Waals surface area contributed by atoms with Gasteiger partial charge in [0.25, 0.3) is 0 Å². The summed E-state index contributed by atoms with van der Waals surface area (Å²) in [5.41, 5.74) is 3.57. The lowest BCUT2D eigenvalue weighted by atomic mass is 9.97. The van der Waals surface area contributed by atoms with E-state index < -0.39 is 6.09 Å². The maximum Gasteiger partial charge on any atom is 0.407 e. The third kappa shape index (κ3) is 2.46.